The summed E-state index contributed by atoms with van der Waals surface area (Å²) in [7, 11) is 0. The molecular formula is C12H20N4O. The molecule has 0 aromatic carbocycles. The van der Waals surface area contributed by atoms with Crippen LogP contribution in [0.3, 0.4) is 0 Å². The van der Waals surface area contributed by atoms with Gasteiger partial charge in [0.2, 0.25) is 5.91 Å². The molecule has 5 heteroatoms. The fraction of sp³-hybridized carbons (Fsp3) is 0.500. The van der Waals surface area contributed by atoms with Crippen molar-refractivity contribution < 1.29 is 4.79 Å². The smallest absolute Gasteiger partial charge is 0.236 e. The number of carbonyl (C=O) groups is 1. The molecule has 0 aliphatic carbocycles. The Kier molecular flexibility index (Phi) is 4.31. The van der Waals surface area contributed by atoms with Crippen molar-refractivity contribution in [3.05, 3.63) is 17.8 Å². The highest BCUT2D eigenvalue weighted by molar-refractivity contribution is 5.79. The van der Waals surface area contributed by atoms with E-state index < -0.39 is 0 Å². The Morgan fingerprint density at radius 2 is 2.18 bits per heavy atom. The van der Waals surface area contributed by atoms with Crippen LogP contribution in [-0.2, 0) is 4.79 Å². The first-order valence-corrected chi connectivity index (χ1v) is 5.65. The number of primary amides is 1. The van der Waals surface area contributed by atoms with Gasteiger partial charge in [-0.05, 0) is 24.5 Å². The molecule has 1 heterocycles. The van der Waals surface area contributed by atoms with E-state index in [0.717, 1.165) is 17.9 Å². The van der Waals surface area contributed by atoms with Crippen LogP contribution < -0.4 is 16.4 Å². The van der Waals surface area contributed by atoms with Crippen molar-refractivity contribution in [2.75, 3.05) is 23.7 Å². The zero-order valence-electron chi connectivity index (χ0n) is 10.6. The first kappa shape index (κ1) is 13.3. The molecule has 1 aromatic heterocycles. The van der Waals surface area contributed by atoms with E-state index in [1.54, 1.807) is 6.20 Å². The van der Waals surface area contributed by atoms with Crippen LogP contribution in [-0.4, -0.2) is 24.0 Å². The molecule has 0 fully saturated rings. The van der Waals surface area contributed by atoms with Gasteiger partial charge in [-0.1, -0.05) is 13.8 Å². The highest BCUT2D eigenvalue weighted by Gasteiger charge is 2.13. The number of aromatic nitrogens is 1. The first-order valence-electron chi connectivity index (χ1n) is 5.65. The Labute approximate surface area is 102 Å². The van der Waals surface area contributed by atoms with Crippen molar-refractivity contribution in [3.63, 3.8) is 0 Å². The van der Waals surface area contributed by atoms with E-state index in [0.29, 0.717) is 11.6 Å². The summed E-state index contributed by atoms with van der Waals surface area (Å²) in [5, 5.41) is 0. The lowest BCUT2D eigenvalue weighted by Gasteiger charge is -2.24. The van der Waals surface area contributed by atoms with E-state index in [2.05, 4.69) is 18.8 Å². The Morgan fingerprint density at radius 1 is 1.53 bits per heavy atom. The topological polar surface area (TPSA) is 85.2 Å². The summed E-state index contributed by atoms with van der Waals surface area (Å²) in [4.78, 5) is 17.2. The van der Waals surface area contributed by atoms with Gasteiger partial charge in [0, 0.05) is 6.54 Å². The van der Waals surface area contributed by atoms with Crippen LogP contribution in [0.2, 0.25) is 0 Å². The molecule has 94 valence electrons. The summed E-state index contributed by atoms with van der Waals surface area (Å²) in [6.45, 7) is 6.99. The number of pyridine rings is 1. The van der Waals surface area contributed by atoms with Gasteiger partial charge in [0.15, 0.2) is 0 Å². The van der Waals surface area contributed by atoms with Crippen molar-refractivity contribution >= 4 is 17.4 Å². The Morgan fingerprint density at radius 3 is 2.65 bits per heavy atom. The third-order valence-electron chi connectivity index (χ3n) is 2.39. The Hall–Kier alpha value is -1.78. The normalized spacial score (nSPS) is 10.6. The number of rotatable bonds is 5. The summed E-state index contributed by atoms with van der Waals surface area (Å²) in [5.41, 5.74) is 12.6. The third-order valence-corrected chi connectivity index (χ3v) is 2.39. The summed E-state index contributed by atoms with van der Waals surface area (Å²) >= 11 is 0. The molecule has 0 saturated heterocycles. The number of anilines is 2. The number of nitrogen functional groups attached to an aromatic ring is 1. The maximum Gasteiger partial charge on any atom is 0.236 e. The molecule has 4 N–H and O–H groups in total. The van der Waals surface area contributed by atoms with Crippen LogP contribution in [0.4, 0.5) is 11.5 Å². The molecule has 0 aliphatic rings. The molecule has 0 bridgehead atoms. The number of aryl methyl sites for hydroxylation is 1. The van der Waals surface area contributed by atoms with Crippen molar-refractivity contribution in [1.29, 1.82) is 0 Å². The third kappa shape index (κ3) is 3.94. The zero-order chi connectivity index (χ0) is 13.0. The summed E-state index contributed by atoms with van der Waals surface area (Å²) in [6.07, 6.45) is 1.61. The monoisotopic (exact) mass is 236 g/mol. The number of amides is 1. The van der Waals surface area contributed by atoms with Crippen LogP contribution in [0.1, 0.15) is 19.4 Å². The molecule has 0 radical (unpaired) electrons. The molecular weight excluding hydrogens is 216 g/mol. The highest BCUT2D eigenvalue weighted by atomic mass is 16.1. The molecule has 1 amide bonds. The van der Waals surface area contributed by atoms with Crippen molar-refractivity contribution in [2.45, 2.75) is 20.8 Å². The SMILES string of the molecule is Cc1cc(N(CC(N)=O)CC(C)C)ncc1N. The maximum atomic E-state index is 11.0. The quantitative estimate of drug-likeness (QED) is 0.796. The predicted octanol–water partition coefficient (Wildman–Crippen LogP) is 0.920. The van der Waals surface area contributed by atoms with E-state index in [9.17, 15) is 4.79 Å². The molecule has 17 heavy (non-hydrogen) atoms. The minimum Gasteiger partial charge on any atom is -0.397 e. The average Bonchev–Trinajstić information content (AvgIpc) is 2.19. The molecule has 1 aromatic rings. The van der Waals surface area contributed by atoms with Crippen LogP contribution in [0.15, 0.2) is 12.3 Å². The number of hydrogen-bond donors (Lipinski definition) is 2. The maximum absolute atomic E-state index is 11.0. The molecule has 0 unspecified atom stereocenters. The van der Waals surface area contributed by atoms with E-state index in [1.807, 2.05) is 17.9 Å². The average molecular weight is 236 g/mol. The van der Waals surface area contributed by atoms with E-state index >= 15 is 0 Å². The van der Waals surface area contributed by atoms with Crippen LogP contribution in [0, 0.1) is 12.8 Å². The zero-order valence-corrected chi connectivity index (χ0v) is 10.6. The Balaban J connectivity index is 2.94. The summed E-state index contributed by atoms with van der Waals surface area (Å²) in [6, 6.07) is 1.88. The summed E-state index contributed by atoms with van der Waals surface area (Å²) in [5.74, 6) is 0.806. The molecule has 0 atom stereocenters. The largest absolute Gasteiger partial charge is 0.397 e. The second-order valence-corrected chi connectivity index (χ2v) is 4.64. The number of hydrogen-bond acceptors (Lipinski definition) is 4. The molecule has 1 rings (SSSR count). The fourth-order valence-electron chi connectivity index (χ4n) is 1.59. The minimum absolute atomic E-state index is 0.175. The number of carbonyl (C=O) groups excluding carboxylic acids is 1. The van der Waals surface area contributed by atoms with E-state index in [1.165, 1.54) is 0 Å². The van der Waals surface area contributed by atoms with Crippen LogP contribution >= 0.6 is 0 Å². The number of nitrogens with two attached hydrogens (primary N) is 2. The van der Waals surface area contributed by atoms with Crippen molar-refractivity contribution in [3.8, 4) is 0 Å². The lowest BCUT2D eigenvalue weighted by molar-refractivity contribution is -0.116. The standard InChI is InChI=1S/C12H20N4O/c1-8(2)6-16(7-11(14)17)12-4-9(3)10(13)5-15-12/h4-5,8H,6-7,13H2,1-3H3,(H2,14,17). The van der Waals surface area contributed by atoms with Gasteiger partial charge in [-0.15, -0.1) is 0 Å². The minimum atomic E-state index is -0.359. The molecule has 5 nitrogen and oxygen atoms in total. The predicted molar refractivity (Wildman–Crippen MR) is 69.6 cm³/mol. The van der Waals surface area contributed by atoms with Gasteiger partial charge in [-0.3, -0.25) is 4.79 Å². The second kappa shape index (κ2) is 5.52. The Bertz CT molecular complexity index is 403. The molecule has 0 saturated carbocycles. The highest BCUT2D eigenvalue weighted by Crippen LogP contribution is 2.18. The van der Waals surface area contributed by atoms with Gasteiger partial charge in [0.25, 0.3) is 0 Å². The van der Waals surface area contributed by atoms with E-state index in [4.69, 9.17) is 11.5 Å². The van der Waals surface area contributed by atoms with Crippen molar-refractivity contribution in [1.82, 2.24) is 4.98 Å². The van der Waals surface area contributed by atoms with Crippen LogP contribution in [0.5, 0.6) is 0 Å². The van der Waals surface area contributed by atoms with Gasteiger partial charge >= 0.3 is 0 Å². The fourth-order valence-corrected chi connectivity index (χ4v) is 1.59. The lowest BCUT2D eigenvalue weighted by Crippen LogP contribution is -2.36. The summed E-state index contributed by atoms with van der Waals surface area (Å²) < 4.78 is 0. The lowest BCUT2D eigenvalue weighted by atomic mass is 10.2. The van der Waals surface area contributed by atoms with Gasteiger partial charge in [0.05, 0.1) is 18.4 Å². The number of nitrogens with zero attached hydrogens (tertiary/aromatic N) is 2. The van der Waals surface area contributed by atoms with Crippen LogP contribution in [0.25, 0.3) is 0 Å². The second-order valence-electron chi connectivity index (χ2n) is 4.64. The first-order chi connectivity index (χ1) is 7.90. The molecule has 0 spiro atoms. The van der Waals surface area contributed by atoms with Gasteiger partial charge in [0.1, 0.15) is 5.82 Å². The van der Waals surface area contributed by atoms with Gasteiger partial charge < -0.3 is 16.4 Å². The van der Waals surface area contributed by atoms with Crippen molar-refractivity contribution in [2.24, 2.45) is 11.7 Å². The van der Waals surface area contributed by atoms with Gasteiger partial charge in [-0.25, -0.2) is 4.98 Å². The molecule has 0 aliphatic heterocycles. The van der Waals surface area contributed by atoms with Gasteiger partial charge in [-0.2, -0.15) is 0 Å². The van der Waals surface area contributed by atoms with E-state index in [-0.39, 0.29) is 12.5 Å².